The van der Waals surface area contributed by atoms with E-state index in [1.165, 1.54) is 11.1 Å². The van der Waals surface area contributed by atoms with E-state index < -0.39 is 0 Å². The van der Waals surface area contributed by atoms with Gasteiger partial charge in [0.25, 0.3) is 0 Å². The number of aryl methyl sites for hydroxylation is 2. The SMILES string of the molecule is CCOc1ccc(C(C)(CCc2cccc(Oc3ccccc3)c2)COCC(C)(CCc2cccc(Oc3ccccc3)c2)c2ccc(OCC)c(OC)c2)cc1OC. The molecule has 6 rings (SSSR count). The van der Waals surface area contributed by atoms with Crippen molar-refractivity contribution in [3.05, 3.63) is 168 Å². The number of rotatable bonds is 22. The van der Waals surface area contributed by atoms with Gasteiger partial charge in [0, 0.05) is 10.8 Å². The fourth-order valence-corrected chi connectivity index (χ4v) is 7.36. The first-order valence-electron chi connectivity index (χ1n) is 20.6. The molecule has 7 nitrogen and oxygen atoms in total. The molecule has 6 aromatic rings. The van der Waals surface area contributed by atoms with Crippen LogP contribution >= 0.6 is 0 Å². The highest BCUT2D eigenvalue weighted by atomic mass is 16.5. The molecular formula is C52H58O7. The molecule has 0 saturated carbocycles. The minimum atomic E-state index is -0.380. The summed E-state index contributed by atoms with van der Waals surface area (Å²) in [5.41, 5.74) is 3.85. The van der Waals surface area contributed by atoms with Crippen LogP contribution in [0.5, 0.6) is 46.0 Å². The number of hydrogen-bond acceptors (Lipinski definition) is 7. The molecule has 0 spiro atoms. The lowest BCUT2D eigenvalue weighted by molar-refractivity contribution is 0.0483. The van der Waals surface area contributed by atoms with Crippen LogP contribution in [0.3, 0.4) is 0 Å². The summed E-state index contributed by atoms with van der Waals surface area (Å²) in [6, 6.07) is 49.0. The van der Waals surface area contributed by atoms with E-state index in [9.17, 15) is 0 Å². The van der Waals surface area contributed by atoms with E-state index in [-0.39, 0.29) is 10.8 Å². The van der Waals surface area contributed by atoms with Crippen LogP contribution in [0.2, 0.25) is 0 Å². The number of hydrogen-bond donors (Lipinski definition) is 0. The smallest absolute Gasteiger partial charge is 0.161 e. The summed E-state index contributed by atoms with van der Waals surface area (Å²) in [5, 5.41) is 0. The third-order valence-electron chi connectivity index (χ3n) is 10.8. The topological polar surface area (TPSA) is 64.6 Å². The molecule has 59 heavy (non-hydrogen) atoms. The Morgan fingerprint density at radius 1 is 0.424 bits per heavy atom. The van der Waals surface area contributed by atoms with E-state index >= 15 is 0 Å². The van der Waals surface area contributed by atoms with Crippen molar-refractivity contribution < 1.29 is 33.2 Å². The lowest BCUT2D eigenvalue weighted by atomic mass is 9.77. The molecule has 2 unspecified atom stereocenters. The highest BCUT2D eigenvalue weighted by Gasteiger charge is 2.33. The molecular weight excluding hydrogens is 737 g/mol. The van der Waals surface area contributed by atoms with E-state index in [0.29, 0.717) is 37.9 Å². The van der Waals surface area contributed by atoms with Gasteiger partial charge < -0.3 is 33.2 Å². The maximum atomic E-state index is 6.96. The lowest BCUT2D eigenvalue weighted by Gasteiger charge is -2.35. The van der Waals surface area contributed by atoms with Gasteiger partial charge in [-0.1, -0.05) is 86.6 Å². The van der Waals surface area contributed by atoms with Crippen LogP contribution in [0.4, 0.5) is 0 Å². The zero-order valence-corrected chi connectivity index (χ0v) is 35.4. The molecule has 0 aliphatic rings. The Morgan fingerprint density at radius 2 is 0.831 bits per heavy atom. The predicted molar refractivity (Wildman–Crippen MR) is 236 cm³/mol. The Hall–Kier alpha value is -5.92. The highest BCUT2D eigenvalue weighted by molar-refractivity contribution is 5.47. The molecule has 308 valence electrons. The summed E-state index contributed by atoms with van der Waals surface area (Å²) in [6.45, 7) is 10.6. The first-order chi connectivity index (χ1) is 28.7. The van der Waals surface area contributed by atoms with Crippen LogP contribution < -0.4 is 28.4 Å². The monoisotopic (exact) mass is 794 g/mol. The molecule has 0 bridgehead atoms. The normalized spacial score (nSPS) is 13.1. The molecule has 2 atom stereocenters. The minimum absolute atomic E-state index is 0.380. The van der Waals surface area contributed by atoms with Gasteiger partial charge >= 0.3 is 0 Å². The van der Waals surface area contributed by atoms with E-state index in [1.807, 2.05) is 98.8 Å². The van der Waals surface area contributed by atoms with Crippen LogP contribution in [0.1, 0.15) is 62.8 Å². The van der Waals surface area contributed by atoms with Crippen LogP contribution in [-0.4, -0.2) is 40.6 Å². The molecule has 0 aromatic heterocycles. The molecule has 0 aliphatic carbocycles. The van der Waals surface area contributed by atoms with Gasteiger partial charge in [-0.05, 0) is 135 Å². The van der Waals surface area contributed by atoms with Crippen LogP contribution in [0.15, 0.2) is 146 Å². The van der Waals surface area contributed by atoms with Gasteiger partial charge in [-0.15, -0.1) is 0 Å². The third-order valence-corrected chi connectivity index (χ3v) is 10.8. The Labute approximate surface area is 350 Å². The number of methoxy groups -OCH3 is 2. The lowest BCUT2D eigenvalue weighted by Crippen LogP contribution is -2.35. The van der Waals surface area contributed by atoms with Crippen molar-refractivity contribution in [3.8, 4) is 46.0 Å². The summed E-state index contributed by atoms with van der Waals surface area (Å²) in [4.78, 5) is 0. The average molecular weight is 795 g/mol. The van der Waals surface area contributed by atoms with Gasteiger partial charge in [0.15, 0.2) is 23.0 Å². The van der Waals surface area contributed by atoms with E-state index in [0.717, 1.165) is 71.3 Å². The van der Waals surface area contributed by atoms with Gasteiger partial charge in [-0.2, -0.15) is 0 Å². The van der Waals surface area contributed by atoms with Gasteiger partial charge in [-0.3, -0.25) is 0 Å². The zero-order chi connectivity index (χ0) is 41.5. The largest absolute Gasteiger partial charge is 0.493 e. The number of para-hydroxylation sites is 2. The Morgan fingerprint density at radius 3 is 1.22 bits per heavy atom. The summed E-state index contributed by atoms with van der Waals surface area (Å²) in [6.07, 6.45) is 3.27. The van der Waals surface area contributed by atoms with Crippen molar-refractivity contribution in [2.75, 3.05) is 40.6 Å². The first-order valence-corrected chi connectivity index (χ1v) is 20.6. The molecule has 0 saturated heterocycles. The molecule has 0 fully saturated rings. The van der Waals surface area contributed by atoms with Gasteiger partial charge in [0.2, 0.25) is 0 Å². The predicted octanol–water partition coefficient (Wildman–Crippen LogP) is 12.6. The van der Waals surface area contributed by atoms with Crippen LogP contribution in [0.25, 0.3) is 0 Å². The summed E-state index contributed by atoms with van der Waals surface area (Å²) < 4.78 is 42.8. The fourth-order valence-electron chi connectivity index (χ4n) is 7.36. The minimum Gasteiger partial charge on any atom is -0.493 e. The second-order valence-electron chi connectivity index (χ2n) is 15.3. The van der Waals surface area contributed by atoms with Gasteiger partial charge in [-0.25, -0.2) is 0 Å². The van der Waals surface area contributed by atoms with Gasteiger partial charge in [0.1, 0.15) is 23.0 Å². The highest BCUT2D eigenvalue weighted by Crippen LogP contribution is 2.40. The van der Waals surface area contributed by atoms with Crippen molar-refractivity contribution in [2.45, 2.75) is 64.2 Å². The second-order valence-corrected chi connectivity index (χ2v) is 15.3. The van der Waals surface area contributed by atoms with Crippen molar-refractivity contribution in [3.63, 3.8) is 0 Å². The van der Waals surface area contributed by atoms with E-state index in [4.69, 9.17) is 33.2 Å². The van der Waals surface area contributed by atoms with Gasteiger partial charge in [0.05, 0.1) is 40.6 Å². The van der Waals surface area contributed by atoms with Crippen molar-refractivity contribution in [2.24, 2.45) is 0 Å². The summed E-state index contributed by atoms with van der Waals surface area (Å²) in [5.74, 6) is 6.11. The third kappa shape index (κ3) is 11.6. The maximum absolute atomic E-state index is 6.96. The second kappa shape index (κ2) is 20.7. The zero-order valence-electron chi connectivity index (χ0n) is 35.4. The van der Waals surface area contributed by atoms with Crippen LogP contribution in [0, 0.1) is 0 Å². The summed E-state index contributed by atoms with van der Waals surface area (Å²) in [7, 11) is 3.38. The van der Waals surface area contributed by atoms with Crippen molar-refractivity contribution in [1.29, 1.82) is 0 Å². The van der Waals surface area contributed by atoms with E-state index in [1.54, 1.807) is 14.2 Å². The summed E-state index contributed by atoms with van der Waals surface area (Å²) >= 11 is 0. The fraction of sp³-hybridized carbons (Fsp3) is 0.308. The quantitative estimate of drug-likeness (QED) is 0.0678. The number of benzene rings is 6. The van der Waals surface area contributed by atoms with Crippen molar-refractivity contribution >= 4 is 0 Å². The molecule has 6 aromatic carbocycles. The molecule has 0 aliphatic heterocycles. The average Bonchev–Trinajstić information content (AvgIpc) is 3.26. The Bertz CT molecular complexity index is 2050. The Kier molecular flexibility index (Phi) is 15.0. The maximum Gasteiger partial charge on any atom is 0.161 e. The van der Waals surface area contributed by atoms with Crippen LogP contribution in [-0.2, 0) is 28.4 Å². The molecule has 7 heteroatoms. The molecule has 0 heterocycles. The molecule has 0 N–H and O–H groups in total. The standard InChI is InChI=1S/C52H58O7/c1-7-56-47-27-25-41(35-49(47)53-5)51(3,31-29-39-17-15-23-45(33-39)58-43-19-11-9-12-20-43)37-55-38-52(4,42-26-28-48(57-8-2)50(36-42)54-6)32-30-40-18-16-24-46(34-40)59-44-21-13-10-14-22-44/h9-28,33-36H,7-8,29-32,37-38H2,1-6H3. The Balaban J connectivity index is 1.26. The first kappa shape index (κ1) is 42.7. The van der Waals surface area contributed by atoms with E-state index in [2.05, 4.69) is 74.5 Å². The van der Waals surface area contributed by atoms with Crippen molar-refractivity contribution in [1.82, 2.24) is 0 Å². The molecule has 0 amide bonds. The molecule has 0 radical (unpaired) electrons. The number of ether oxygens (including phenoxy) is 7.